The van der Waals surface area contributed by atoms with Gasteiger partial charge in [0.25, 0.3) is 0 Å². The first-order valence-electron chi connectivity index (χ1n) is 7.78. The molecule has 1 heterocycles. The molecule has 0 unspecified atom stereocenters. The fourth-order valence-electron chi connectivity index (χ4n) is 2.23. The highest BCUT2D eigenvalue weighted by molar-refractivity contribution is 5.84. The quantitative estimate of drug-likeness (QED) is 0.549. The lowest BCUT2D eigenvalue weighted by Gasteiger charge is -2.14. The van der Waals surface area contributed by atoms with E-state index in [1.54, 1.807) is 43.8 Å². The van der Waals surface area contributed by atoms with Gasteiger partial charge in [-0.25, -0.2) is 9.78 Å². The SMILES string of the molecule is C=CCc1cc(C=Nc2ccc(OC)nc2)cc(OC)c1OCC(=O)O. The van der Waals surface area contributed by atoms with Crippen LogP contribution in [0.15, 0.2) is 48.1 Å². The number of hydrogen-bond donors (Lipinski definition) is 1. The number of hydrogen-bond acceptors (Lipinski definition) is 6. The molecule has 0 amide bonds. The van der Waals surface area contributed by atoms with Crippen molar-refractivity contribution in [2.75, 3.05) is 20.8 Å². The van der Waals surface area contributed by atoms with Gasteiger partial charge in [-0.05, 0) is 30.2 Å². The van der Waals surface area contributed by atoms with Crippen molar-refractivity contribution in [2.45, 2.75) is 6.42 Å². The third-order valence-electron chi connectivity index (χ3n) is 3.37. The first-order chi connectivity index (χ1) is 12.6. The van der Waals surface area contributed by atoms with Gasteiger partial charge in [0.2, 0.25) is 5.88 Å². The van der Waals surface area contributed by atoms with Gasteiger partial charge in [0.05, 0.1) is 26.1 Å². The minimum absolute atomic E-state index is 0.387. The van der Waals surface area contributed by atoms with Crippen molar-refractivity contribution in [3.05, 3.63) is 54.2 Å². The highest BCUT2D eigenvalue weighted by atomic mass is 16.5. The smallest absolute Gasteiger partial charge is 0.341 e. The van der Waals surface area contributed by atoms with Crippen molar-refractivity contribution in [2.24, 2.45) is 4.99 Å². The van der Waals surface area contributed by atoms with Crippen molar-refractivity contribution in [3.8, 4) is 17.4 Å². The van der Waals surface area contributed by atoms with E-state index in [1.165, 1.54) is 7.11 Å². The number of rotatable bonds is 9. The summed E-state index contributed by atoms with van der Waals surface area (Å²) >= 11 is 0. The van der Waals surface area contributed by atoms with E-state index >= 15 is 0 Å². The van der Waals surface area contributed by atoms with Crippen LogP contribution in [0.2, 0.25) is 0 Å². The van der Waals surface area contributed by atoms with E-state index in [0.29, 0.717) is 29.5 Å². The minimum atomic E-state index is -1.06. The molecule has 0 saturated heterocycles. The number of nitrogens with zero attached hydrogens (tertiary/aromatic N) is 2. The fourth-order valence-corrected chi connectivity index (χ4v) is 2.23. The Bertz CT molecular complexity index is 800. The van der Waals surface area contributed by atoms with Crippen LogP contribution in [0.4, 0.5) is 5.69 Å². The molecular weight excluding hydrogens is 336 g/mol. The molecule has 0 aliphatic carbocycles. The molecule has 0 aliphatic heterocycles. The van der Waals surface area contributed by atoms with Gasteiger partial charge in [-0.2, -0.15) is 0 Å². The summed E-state index contributed by atoms with van der Waals surface area (Å²) in [6.07, 6.45) is 5.47. The van der Waals surface area contributed by atoms with E-state index in [-0.39, 0.29) is 0 Å². The zero-order chi connectivity index (χ0) is 18.9. The Kier molecular flexibility index (Phi) is 6.73. The van der Waals surface area contributed by atoms with Crippen LogP contribution in [0.3, 0.4) is 0 Å². The summed E-state index contributed by atoms with van der Waals surface area (Å²) in [5.74, 6) is 0.269. The molecule has 136 valence electrons. The third kappa shape index (κ3) is 5.07. The number of aromatic nitrogens is 1. The molecule has 1 aromatic carbocycles. The van der Waals surface area contributed by atoms with Crippen molar-refractivity contribution in [1.29, 1.82) is 0 Å². The zero-order valence-electron chi connectivity index (χ0n) is 14.6. The standard InChI is InChI=1S/C19H20N2O5/c1-4-5-14-8-13(9-16(24-2)19(14)26-12-18(22)23)10-20-15-6-7-17(25-3)21-11-15/h4,6-11H,1,5,12H2,2-3H3,(H,22,23). The molecule has 1 aromatic heterocycles. The first kappa shape index (κ1) is 19.0. The van der Waals surface area contributed by atoms with E-state index in [1.807, 2.05) is 6.07 Å². The van der Waals surface area contributed by atoms with Crippen molar-refractivity contribution in [1.82, 2.24) is 4.98 Å². The summed E-state index contributed by atoms with van der Waals surface area (Å²) in [6.45, 7) is 3.27. The van der Waals surface area contributed by atoms with Gasteiger partial charge < -0.3 is 19.3 Å². The summed E-state index contributed by atoms with van der Waals surface area (Å²) < 4.78 is 15.7. The first-order valence-corrected chi connectivity index (χ1v) is 7.78. The Balaban J connectivity index is 2.32. The largest absolute Gasteiger partial charge is 0.493 e. The van der Waals surface area contributed by atoms with Crippen LogP contribution in [0.1, 0.15) is 11.1 Å². The van der Waals surface area contributed by atoms with Crippen molar-refractivity contribution < 1.29 is 24.1 Å². The topological polar surface area (TPSA) is 90.2 Å². The average molecular weight is 356 g/mol. The van der Waals surface area contributed by atoms with Crippen molar-refractivity contribution in [3.63, 3.8) is 0 Å². The van der Waals surface area contributed by atoms with Gasteiger partial charge in [0, 0.05) is 17.8 Å². The van der Waals surface area contributed by atoms with Crippen molar-refractivity contribution >= 4 is 17.9 Å². The van der Waals surface area contributed by atoms with Gasteiger partial charge in [0.15, 0.2) is 18.1 Å². The van der Waals surface area contributed by atoms with E-state index in [2.05, 4.69) is 16.6 Å². The average Bonchev–Trinajstić information content (AvgIpc) is 2.65. The Morgan fingerprint density at radius 3 is 2.69 bits per heavy atom. The molecule has 7 nitrogen and oxygen atoms in total. The maximum atomic E-state index is 10.8. The Morgan fingerprint density at radius 2 is 2.12 bits per heavy atom. The van der Waals surface area contributed by atoms with Crippen LogP contribution in [-0.2, 0) is 11.2 Å². The molecule has 0 atom stereocenters. The number of aliphatic imine (C=N–C) groups is 1. The summed E-state index contributed by atoms with van der Waals surface area (Å²) in [5.41, 5.74) is 2.20. The summed E-state index contributed by atoms with van der Waals surface area (Å²) in [6, 6.07) is 7.08. The number of benzene rings is 1. The fraction of sp³-hybridized carbons (Fsp3) is 0.211. The van der Waals surface area contributed by atoms with Gasteiger partial charge >= 0.3 is 5.97 Å². The second-order valence-electron chi connectivity index (χ2n) is 5.20. The molecule has 0 saturated carbocycles. The highest BCUT2D eigenvalue weighted by Gasteiger charge is 2.13. The third-order valence-corrected chi connectivity index (χ3v) is 3.37. The van der Waals surface area contributed by atoms with Crippen LogP contribution in [-0.4, -0.2) is 43.1 Å². The maximum absolute atomic E-state index is 10.8. The molecule has 0 aliphatic rings. The summed E-state index contributed by atoms with van der Waals surface area (Å²) in [4.78, 5) is 19.3. The molecule has 0 radical (unpaired) electrons. The number of pyridine rings is 1. The number of carbonyl (C=O) groups is 1. The number of aliphatic carboxylic acids is 1. The number of methoxy groups -OCH3 is 2. The highest BCUT2D eigenvalue weighted by Crippen LogP contribution is 2.33. The number of allylic oxidation sites excluding steroid dienone is 1. The molecule has 0 spiro atoms. The van der Waals surface area contributed by atoms with E-state index in [0.717, 1.165) is 11.1 Å². The lowest BCUT2D eigenvalue weighted by molar-refractivity contribution is -0.139. The minimum Gasteiger partial charge on any atom is -0.493 e. The summed E-state index contributed by atoms with van der Waals surface area (Å²) in [7, 11) is 3.04. The number of carboxylic acid groups (broad SMARTS) is 1. The lowest BCUT2D eigenvalue weighted by atomic mass is 10.1. The molecule has 0 bridgehead atoms. The zero-order valence-corrected chi connectivity index (χ0v) is 14.6. The molecule has 2 aromatic rings. The van der Waals surface area contributed by atoms with Crippen LogP contribution in [0, 0.1) is 0 Å². The molecule has 7 heteroatoms. The monoisotopic (exact) mass is 356 g/mol. The van der Waals surface area contributed by atoms with Crippen LogP contribution in [0.25, 0.3) is 0 Å². The number of ether oxygens (including phenoxy) is 3. The summed E-state index contributed by atoms with van der Waals surface area (Å²) in [5, 5.41) is 8.84. The van der Waals surface area contributed by atoms with Crippen LogP contribution >= 0.6 is 0 Å². The van der Waals surface area contributed by atoms with Gasteiger partial charge in [-0.15, -0.1) is 6.58 Å². The van der Waals surface area contributed by atoms with Crippen LogP contribution in [0.5, 0.6) is 17.4 Å². The molecule has 1 N–H and O–H groups in total. The van der Waals surface area contributed by atoms with E-state index < -0.39 is 12.6 Å². The second kappa shape index (κ2) is 9.22. The van der Waals surface area contributed by atoms with Crippen LogP contribution < -0.4 is 14.2 Å². The molecule has 26 heavy (non-hydrogen) atoms. The Morgan fingerprint density at radius 1 is 1.31 bits per heavy atom. The van der Waals surface area contributed by atoms with Gasteiger partial charge in [-0.3, -0.25) is 4.99 Å². The lowest BCUT2D eigenvalue weighted by Crippen LogP contribution is -2.11. The van der Waals surface area contributed by atoms with Gasteiger partial charge in [-0.1, -0.05) is 6.08 Å². The van der Waals surface area contributed by atoms with E-state index in [4.69, 9.17) is 19.3 Å². The van der Waals surface area contributed by atoms with E-state index in [9.17, 15) is 4.79 Å². The molecule has 2 rings (SSSR count). The normalized spacial score (nSPS) is 10.5. The second-order valence-corrected chi connectivity index (χ2v) is 5.20. The predicted molar refractivity (Wildman–Crippen MR) is 98.1 cm³/mol. The Hall–Kier alpha value is -3.35. The molecular formula is C19H20N2O5. The Labute approximate surface area is 151 Å². The van der Waals surface area contributed by atoms with Gasteiger partial charge in [0.1, 0.15) is 0 Å². The predicted octanol–water partition coefficient (Wildman–Crippen LogP) is 3.04. The maximum Gasteiger partial charge on any atom is 0.341 e. The number of carboxylic acids is 1. The molecule has 0 fully saturated rings.